The molecule has 0 amide bonds. The molecule has 0 N–H and O–H groups in total. The molecule has 13 heavy (non-hydrogen) atoms. The Morgan fingerprint density at radius 2 is 2.23 bits per heavy atom. The number of halogens is 1. The van der Waals surface area contributed by atoms with Gasteiger partial charge in [0.2, 0.25) is 0 Å². The van der Waals surface area contributed by atoms with E-state index in [1.807, 2.05) is 13.8 Å². The molecule has 5 heteroatoms. The van der Waals surface area contributed by atoms with Gasteiger partial charge in [-0.25, -0.2) is 4.98 Å². The molecule has 0 aromatic carbocycles. The first-order valence-electron chi connectivity index (χ1n) is 4.26. The second-order valence-corrected chi connectivity index (χ2v) is 5.39. The molecule has 1 rings (SSSR count). The molecule has 0 aliphatic rings. The standard InChI is InChI=1S/C8H13IN2OS/c1-4-8(3,12-5-2)6-10-7(9)13-11-6/h4-5H2,1-3H3. The van der Waals surface area contributed by atoms with Crippen LogP contribution >= 0.6 is 34.1 Å². The summed E-state index contributed by atoms with van der Waals surface area (Å²) in [6, 6.07) is 0. The lowest BCUT2D eigenvalue weighted by atomic mass is 10.0. The van der Waals surface area contributed by atoms with Gasteiger partial charge >= 0.3 is 0 Å². The lowest BCUT2D eigenvalue weighted by molar-refractivity contribution is -0.0382. The van der Waals surface area contributed by atoms with Gasteiger partial charge in [-0.1, -0.05) is 6.92 Å². The maximum absolute atomic E-state index is 5.66. The van der Waals surface area contributed by atoms with Crippen molar-refractivity contribution in [3.8, 4) is 0 Å². The van der Waals surface area contributed by atoms with Crippen molar-refractivity contribution < 1.29 is 4.74 Å². The molecule has 1 unspecified atom stereocenters. The van der Waals surface area contributed by atoms with Gasteiger partial charge in [0.1, 0.15) is 5.60 Å². The minimum Gasteiger partial charge on any atom is -0.368 e. The summed E-state index contributed by atoms with van der Waals surface area (Å²) in [6.07, 6.45) is 0.896. The molecular weight excluding hydrogens is 299 g/mol. The fraction of sp³-hybridized carbons (Fsp3) is 0.750. The fourth-order valence-corrected chi connectivity index (χ4v) is 2.11. The molecule has 0 fully saturated rings. The first-order valence-corrected chi connectivity index (χ1v) is 6.11. The minimum atomic E-state index is -0.311. The summed E-state index contributed by atoms with van der Waals surface area (Å²) in [5, 5.41) is 0. The van der Waals surface area contributed by atoms with Crippen molar-refractivity contribution >= 4 is 34.1 Å². The monoisotopic (exact) mass is 312 g/mol. The molecule has 0 aliphatic carbocycles. The zero-order valence-corrected chi connectivity index (χ0v) is 11.0. The van der Waals surface area contributed by atoms with E-state index in [2.05, 4.69) is 38.9 Å². The van der Waals surface area contributed by atoms with Crippen LogP contribution in [0.5, 0.6) is 0 Å². The Morgan fingerprint density at radius 1 is 1.54 bits per heavy atom. The van der Waals surface area contributed by atoms with Gasteiger partial charge in [-0.3, -0.25) is 0 Å². The lowest BCUT2D eigenvalue weighted by Crippen LogP contribution is -2.26. The Balaban J connectivity index is 2.88. The summed E-state index contributed by atoms with van der Waals surface area (Å²) in [6.45, 7) is 6.81. The molecule has 1 heterocycles. The second kappa shape index (κ2) is 4.65. The van der Waals surface area contributed by atoms with Gasteiger partial charge in [-0.05, 0) is 54.4 Å². The fourth-order valence-electron chi connectivity index (χ4n) is 1.06. The van der Waals surface area contributed by atoms with Crippen molar-refractivity contribution in [1.82, 2.24) is 9.36 Å². The van der Waals surface area contributed by atoms with Crippen molar-refractivity contribution in [3.63, 3.8) is 0 Å². The molecular formula is C8H13IN2OS. The summed E-state index contributed by atoms with van der Waals surface area (Å²) in [5.74, 6) is 0.811. The molecule has 1 aromatic heterocycles. The van der Waals surface area contributed by atoms with Crippen LogP contribution in [0.15, 0.2) is 0 Å². The van der Waals surface area contributed by atoms with Crippen LogP contribution < -0.4 is 0 Å². The van der Waals surface area contributed by atoms with Gasteiger partial charge in [-0.15, -0.1) is 0 Å². The number of hydrogen-bond donors (Lipinski definition) is 0. The normalized spacial score (nSPS) is 15.7. The van der Waals surface area contributed by atoms with E-state index in [0.29, 0.717) is 6.61 Å². The summed E-state index contributed by atoms with van der Waals surface area (Å²) < 4.78 is 10.9. The van der Waals surface area contributed by atoms with Crippen molar-refractivity contribution in [1.29, 1.82) is 0 Å². The van der Waals surface area contributed by atoms with E-state index in [-0.39, 0.29) is 5.60 Å². The van der Waals surface area contributed by atoms with Crippen molar-refractivity contribution in [2.45, 2.75) is 32.8 Å². The maximum atomic E-state index is 5.66. The van der Waals surface area contributed by atoms with E-state index in [9.17, 15) is 0 Å². The highest BCUT2D eigenvalue weighted by Crippen LogP contribution is 2.27. The molecule has 1 aromatic rings. The Kier molecular flexibility index (Phi) is 4.06. The van der Waals surface area contributed by atoms with Gasteiger partial charge in [0.05, 0.1) is 0 Å². The predicted octanol–water partition coefficient (Wildman–Crippen LogP) is 2.80. The summed E-state index contributed by atoms with van der Waals surface area (Å²) in [4.78, 5) is 4.34. The third kappa shape index (κ3) is 2.60. The summed E-state index contributed by atoms with van der Waals surface area (Å²) in [7, 11) is 0. The van der Waals surface area contributed by atoms with E-state index < -0.39 is 0 Å². The third-order valence-corrected chi connectivity index (χ3v) is 3.35. The Morgan fingerprint density at radius 3 is 2.62 bits per heavy atom. The quantitative estimate of drug-likeness (QED) is 0.802. The number of aromatic nitrogens is 2. The minimum absolute atomic E-state index is 0.311. The van der Waals surface area contributed by atoms with Crippen LogP contribution in [0.3, 0.4) is 0 Å². The maximum Gasteiger partial charge on any atom is 0.175 e. The highest BCUT2D eigenvalue weighted by molar-refractivity contribution is 14.1. The Labute approximate surface area is 96.2 Å². The molecule has 0 spiro atoms. The summed E-state index contributed by atoms with van der Waals surface area (Å²) in [5.41, 5.74) is -0.311. The van der Waals surface area contributed by atoms with Gasteiger partial charge in [0.15, 0.2) is 8.84 Å². The van der Waals surface area contributed by atoms with Crippen LogP contribution in [-0.2, 0) is 10.3 Å². The summed E-state index contributed by atoms with van der Waals surface area (Å²) >= 11 is 3.59. The van der Waals surface area contributed by atoms with Crippen LogP contribution in [0.4, 0.5) is 0 Å². The molecule has 0 radical (unpaired) electrons. The van der Waals surface area contributed by atoms with Gasteiger partial charge in [-0.2, -0.15) is 4.37 Å². The predicted molar refractivity (Wildman–Crippen MR) is 61.9 cm³/mol. The Bertz CT molecular complexity index is 279. The van der Waals surface area contributed by atoms with E-state index in [1.54, 1.807) is 0 Å². The first-order chi connectivity index (χ1) is 6.12. The van der Waals surface area contributed by atoms with Crippen LogP contribution in [0.2, 0.25) is 0 Å². The van der Waals surface area contributed by atoms with Crippen LogP contribution in [0, 0.1) is 3.01 Å². The average molecular weight is 312 g/mol. The Hall–Kier alpha value is 0.250. The molecule has 74 valence electrons. The van der Waals surface area contributed by atoms with Crippen molar-refractivity contribution in [2.24, 2.45) is 0 Å². The number of nitrogens with zero attached hydrogens (tertiary/aromatic N) is 2. The lowest BCUT2D eigenvalue weighted by Gasteiger charge is -2.24. The molecule has 0 aliphatic heterocycles. The van der Waals surface area contributed by atoms with E-state index in [1.165, 1.54) is 11.5 Å². The van der Waals surface area contributed by atoms with Gasteiger partial charge in [0.25, 0.3) is 0 Å². The molecule has 0 saturated carbocycles. The molecule has 0 bridgehead atoms. The number of hydrogen-bond acceptors (Lipinski definition) is 4. The smallest absolute Gasteiger partial charge is 0.175 e. The highest BCUT2D eigenvalue weighted by atomic mass is 127. The van der Waals surface area contributed by atoms with Crippen LogP contribution in [0.1, 0.15) is 33.0 Å². The molecule has 3 nitrogen and oxygen atoms in total. The zero-order valence-electron chi connectivity index (χ0n) is 8.00. The molecule has 0 saturated heterocycles. The van der Waals surface area contributed by atoms with Crippen LogP contribution in [-0.4, -0.2) is 16.0 Å². The topological polar surface area (TPSA) is 35.0 Å². The van der Waals surface area contributed by atoms with Crippen LogP contribution in [0.25, 0.3) is 0 Å². The largest absolute Gasteiger partial charge is 0.368 e. The van der Waals surface area contributed by atoms with Crippen molar-refractivity contribution in [3.05, 3.63) is 8.84 Å². The van der Waals surface area contributed by atoms with Crippen molar-refractivity contribution in [2.75, 3.05) is 6.61 Å². The van der Waals surface area contributed by atoms with E-state index >= 15 is 0 Å². The average Bonchev–Trinajstić information content (AvgIpc) is 2.52. The third-order valence-electron chi connectivity index (χ3n) is 2.01. The van der Waals surface area contributed by atoms with Gasteiger partial charge in [0, 0.05) is 6.61 Å². The van der Waals surface area contributed by atoms with E-state index in [4.69, 9.17) is 4.74 Å². The number of rotatable bonds is 4. The first kappa shape index (κ1) is 11.3. The molecule has 1 atom stereocenters. The SMILES string of the molecule is CCOC(C)(CC)c1nsc(I)n1. The highest BCUT2D eigenvalue weighted by Gasteiger charge is 2.29. The number of ether oxygens (including phenoxy) is 1. The van der Waals surface area contributed by atoms with Gasteiger partial charge < -0.3 is 4.74 Å². The van der Waals surface area contributed by atoms with E-state index in [0.717, 1.165) is 15.3 Å². The zero-order chi connectivity index (χ0) is 9.90. The second-order valence-electron chi connectivity index (χ2n) is 2.89.